The van der Waals surface area contributed by atoms with Gasteiger partial charge >= 0.3 is 6.18 Å². The highest BCUT2D eigenvalue weighted by Crippen LogP contribution is 2.47. The molecule has 1 aromatic rings. The van der Waals surface area contributed by atoms with Crippen LogP contribution in [0.2, 0.25) is 0 Å². The molecule has 2 fully saturated rings. The molecule has 0 aromatic heterocycles. The molecule has 3 rings (SSSR count). The normalized spacial score (nSPS) is 22.5. The lowest BCUT2D eigenvalue weighted by Gasteiger charge is -2.34. The van der Waals surface area contributed by atoms with Gasteiger partial charge in [-0.3, -0.25) is 9.59 Å². The monoisotopic (exact) mass is 356 g/mol. The third-order valence-electron chi connectivity index (χ3n) is 4.77. The van der Waals surface area contributed by atoms with E-state index in [1.54, 1.807) is 11.0 Å². The predicted octanol–water partition coefficient (Wildman–Crippen LogP) is 1.74. The van der Waals surface area contributed by atoms with Gasteiger partial charge in [-0.2, -0.15) is 13.2 Å². The van der Waals surface area contributed by atoms with E-state index in [0.29, 0.717) is 24.9 Å². The van der Waals surface area contributed by atoms with Crippen molar-refractivity contribution in [2.45, 2.75) is 31.5 Å². The number of hydrogen-bond donors (Lipinski definition) is 1. The van der Waals surface area contributed by atoms with E-state index in [1.807, 2.05) is 0 Å². The highest BCUT2D eigenvalue weighted by atomic mass is 19.4. The third-order valence-corrected chi connectivity index (χ3v) is 4.77. The van der Waals surface area contributed by atoms with Crippen molar-refractivity contribution >= 4 is 11.8 Å². The van der Waals surface area contributed by atoms with Gasteiger partial charge in [0.2, 0.25) is 11.8 Å². The minimum Gasteiger partial charge on any atom is -0.374 e. The Kier molecular flexibility index (Phi) is 4.49. The maximum absolute atomic E-state index is 12.8. The molecule has 1 saturated heterocycles. The molecular weight excluding hydrogens is 337 g/mol. The van der Waals surface area contributed by atoms with Crippen LogP contribution in [0.5, 0.6) is 0 Å². The molecule has 136 valence electrons. The van der Waals surface area contributed by atoms with Gasteiger partial charge in [0.25, 0.3) is 0 Å². The highest BCUT2D eigenvalue weighted by Gasteiger charge is 2.57. The van der Waals surface area contributed by atoms with Gasteiger partial charge in [-0.15, -0.1) is 0 Å². The van der Waals surface area contributed by atoms with E-state index in [-0.39, 0.29) is 25.5 Å². The molecule has 2 N–H and O–H groups in total. The fourth-order valence-electron chi connectivity index (χ4n) is 3.16. The molecule has 0 unspecified atom stereocenters. The topological polar surface area (TPSA) is 72.6 Å². The van der Waals surface area contributed by atoms with E-state index in [4.69, 9.17) is 10.5 Å². The zero-order chi connectivity index (χ0) is 18.2. The molecule has 0 spiro atoms. The SMILES string of the molecule is NC(=O)C1(C(=O)N2CCO[C@H](Cc3cccc(C(F)(F)F)c3)C2)CC1. The average Bonchev–Trinajstić information content (AvgIpc) is 3.36. The number of alkyl halides is 3. The van der Waals surface area contributed by atoms with E-state index in [1.165, 1.54) is 6.07 Å². The van der Waals surface area contributed by atoms with Crippen LogP contribution >= 0.6 is 0 Å². The summed E-state index contributed by atoms with van der Waals surface area (Å²) in [7, 11) is 0. The van der Waals surface area contributed by atoms with Gasteiger partial charge in [0.15, 0.2) is 0 Å². The Bertz CT molecular complexity index is 686. The number of benzene rings is 1. The molecule has 5 nitrogen and oxygen atoms in total. The van der Waals surface area contributed by atoms with Crippen molar-refractivity contribution in [2.75, 3.05) is 19.7 Å². The molecule has 1 heterocycles. The zero-order valence-electron chi connectivity index (χ0n) is 13.5. The van der Waals surface area contributed by atoms with Crippen LogP contribution in [0.3, 0.4) is 0 Å². The standard InChI is InChI=1S/C17H19F3N2O3/c18-17(19,20)12-3-1-2-11(8-12)9-13-10-22(6-7-25-13)15(24)16(4-5-16)14(21)23/h1-3,8,13H,4-7,9-10H2,(H2,21,23)/t13-/m1/s1. The van der Waals surface area contributed by atoms with Crippen molar-refractivity contribution in [3.8, 4) is 0 Å². The van der Waals surface area contributed by atoms with Gasteiger partial charge in [-0.25, -0.2) is 0 Å². The smallest absolute Gasteiger partial charge is 0.374 e. The van der Waals surface area contributed by atoms with Crippen LogP contribution in [0.25, 0.3) is 0 Å². The third kappa shape index (κ3) is 3.63. The number of morpholine rings is 1. The van der Waals surface area contributed by atoms with Gasteiger partial charge in [0.05, 0.1) is 18.3 Å². The second kappa shape index (κ2) is 6.33. The predicted molar refractivity (Wildman–Crippen MR) is 82.3 cm³/mol. The van der Waals surface area contributed by atoms with Crippen molar-refractivity contribution in [1.29, 1.82) is 0 Å². The maximum Gasteiger partial charge on any atom is 0.416 e. The number of halogens is 3. The first-order valence-corrected chi connectivity index (χ1v) is 8.09. The number of hydrogen-bond acceptors (Lipinski definition) is 3. The lowest BCUT2D eigenvalue weighted by atomic mass is 10.0. The van der Waals surface area contributed by atoms with E-state index in [2.05, 4.69) is 0 Å². The first-order valence-electron chi connectivity index (χ1n) is 8.09. The molecule has 0 radical (unpaired) electrons. The Morgan fingerprint density at radius 2 is 2.04 bits per heavy atom. The summed E-state index contributed by atoms with van der Waals surface area (Å²) in [6.45, 7) is 0.876. The van der Waals surface area contributed by atoms with Crippen molar-refractivity contribution in [3.63, 3.8) is 0 Å². The van der Waals surface area contributed by atoms with Crippen LogP contribution in [0.15, 0.2) is 24.3 Å². The molecule has 1 saturated carbocycles. The molecule has 1 aliphatic carbocycles. The summed E-state index contributed by atoms with van der Waals surface area (Å²) in [5, 5.41) is 0. The summed E-state index contributed by atoms with van der Waals surface area (Å²) in [5.74, 6) is -0.907. The molecule has 1 aromatic carbocycles. The number of amides is 2. The van der Waals surface area contributed by atoms with Crippen molar-refractivity contribution < 1.29 is 27.5 Å². The number of nitrogens with zero attached hydrogens (tertiary/aromatic N) is 1. The first kappa shape index (κ1) is 17.7. The van der Waals surface area contributed by atoms with Crippen LogP contribution < -0.4 is 5.73 Å². The van der Waals surface area contributed by atoms with E-state index in [9.17, 15) is 22.8 Å². The summed E-state index contributed by atoms with van der Waals surface area (Å²) < 4.78 is 44.0. The minimum absolute atomic E-state index is 0.240. The maximum atomic E-state index is 12.8. The zero-order valence-corrected chi connectivity index (χ0v) is 13.5. The Morgan fingerprint density at radius 3 is 2.64 bits per heavy atom. The number of rotatable bonds is 4. The van der Waals surface area contributed by atoms with Gasteiger partial charge in [0, 0.05) is 19.5 Å². The Hall–Kier alpha value is -2.09. The molecule has 0 bridgehead atoms. The number of ether oxygens (including phenoxy) is 1. The van der Waals surface area contributed by atoms with Crippen LogP contribution in [0, 0.1) is 5.41 Å². The quantitative estimate of drug-likeness (QED) is 0.836. The average molecular weight is 356 g/mol. The molecule has 1 aliphatic heterocycles. The van der Waals surface area contributed by atoms with E-state index >= 15 is 0 Å². The molecule has 2 aliphatic rings. The number of carbonyl (C=O) groups is 2. The van der Waals surface area contributed by atoms with Crippen molar-refractivity contribution in [3.05, 3.63) is 35.4 Å². The highest BCUT2D eigenvalue weighted by molar-refractivity contribution is 6.07. The summed E-state index contributed by atoms with van der Waals surface area (Å²) >= 11 is 0. The first-order chi connectivity index (χ1) is 11.7. The van der Waals surface area contributed by atoms with Gasteiger partial charge < -0.3 is 15.4 Å². The lowest BCUT2D eigenvalue weighted by molar-refractivity contribution is -0.148. The van der Waals surface area contributed by atoms with Crippen LogP contribution in [-0.4, -0.2) is 42.5 Å². The van der Waals surface area contributed by atoms with Gasteiger partial charge in [-0.05, 0) is 24.5 Å². The Morgan fingerprint density at radius 1 is 1.32 bits per heavy atom. The molecule has 1 atom stereocenters. The van der Waals surface area contributed by atoms with Gasteiger partial charge in [0.1, 0.15) is 5.41 Å². The van der Waals surface area contributed by atoms with Gasteiger partial charge in [-0.1, -0.05) is 18.2 Å². The fraction of sp³-hybridized carbons (Fsp3) is 0.529. The number of primary amides is 1. The Balaban J connectivity index is 1.66. The molecule has 2 amide bonds. The van der Waals surface area contributed by atoms with Crippen LogP contribution in [-0.2, 0) is 26.9 Å². The molecular formula is C17H19F3N2O3. The fourth-order valence-corrected chi connectivity index (χ4v) is 3.16. The summed E-state index contributed by atoms with van der Waals surface area (Å²) in [6.07, 6.45) is -3.64. The van der Waals surface area contributed by atoms with Crippen molar-refractivity contribution in [2.24, 2.45) is 11.1 Å². The summed E-state index contributed by atoms with van der Waals surface area (Å²) in [6, 6.07) is 5.07. The minimum atomic E-state index is -4.40. The molecule has 25 heavy (non-hydrogen) atoms. The largest absolute Gasteiger partial charge is 0.416 e. The summed E-state index contributed by atoms with van der Waals surface area (Å²) in [4.78, 5) is 25.6. The number of nitrogens with two attached hydrogens (primary N) is 1. The van der Waals surface area contributed by atoms with Crippen LogP contribution in [0.1, 0.15) is 24.0 Å². The second-order valence-corrected chi connectivity index (χ2v) is 6.59. The van der Waals surface area contributed by atoms with Crippen molar-refractivity contribution in [1.82, 2.24) is 4.90 Å². The van der Waals surface area contributed by atoms with Crippen LogP contribution in [0.4, 0.5) is 13.2 Å². The molecule has 8 heteroatoms. The Labute approximate surface area is 142 Å². The number of carbonyl (C=O) groups excluding carboxylic acids is 2. The lowest BCUT2D eigenvalue weighted by Crippen LogP contribution is -2.51. The van der Waals surface area contributed by atoms with E-state index < -0.39 is 29.2 Å². The second-order valence-electron chi connectivity index (χ2n) is 6.59. The summed E-state index contributed by atoms with van der Waals surface area (Å²) in [5.41, 5.74) is 4.03. The van der Waals surface area contributed by atoms with E-state index in [0.717, 1.165) is 12.1 Å².